The molecule has 0 aromatic heterocycles. The second-order valence-electron chi connectivity index (χ2n) is 5.12. The van der Waals surface area contributed by atoms with E-state index in [9.17, 15) is 16.8 Å². The summed E-state index contributed by atoms with van der Waals surface area (Å²) in [6, 6.07) is 0. The lowest BCUT2D eigenvalue weighted by Crippen LogP contribution is -2.53. The molecule has 0 amide bonds. The van der Waals surface area contributed by atoms with Crippen LogP contribution in [0.15, 0.2) is 0 Å². The zero-order chi connectivity index (χ0) is 13.9. The van der Waals surface area contributed by atoms with Crippen LogP contribution in [0.25, 0.3) is 0 Å². The third kappa shape index (κ3) is 7.69. The van der Waals surface area contributed by atoms with E-state index in [4.69, 9.17) is 5.73 Å². The van der Waals surface area contributed by atoms with Crippen LogP contribution in [0.5, 0.6) is 0 Å². The van der Waals surface area contributed by atoms with Crippen molar-refractivity contribution in [3.8, 4) is 0 Å². The van der Waals surface area contributed by atoms with Crippen molar-refractivity contribution in [2.45, 2.75) is 32.7 Å². The number of hydrogen-bond acceptors (Lipinski definition) is 5. The Morgan fingerprint density at radius 2 is 1.71 bits per heavy atom. The molecule has 3 N–H and O–H groups in total. The minimum absolute atomic E-state index is 0.119. The summed E-state index contributed by atoms with van der Waals surface area (Å²) in [5.74, 6) is 0.254. The monoisotopic (exact) mass is 286 g/mol. The van der Waals surface area contributed by atoms with Gasteiger partial charge >= 0.3 is 0 Å². The maximum absolute atomic E-state index is 11.7. The zero-order valence-corrected chi connectivity index (χ0v) is 12.4. The molecule has 104 valence electrons. The van der Waals surface area contributed by atoms with Crippen molar-refractivity contribution in [2.75, 3.05) is 17.9 Å². The minimum Gasteiger partial charge on any atom is -0.329 e. The zero-order valence-electron chi connectivity index (χ0n) is 10.7. The topological polar surface area (TPSA) is 106 Å². The molecule has 0 aromatic rings. The van der Waals surface area contributed by atoms with Crippen LogP contribution >= 0.6 is 0 Å². The predicted molar refractivity (Wildman–Crippen MR) is 68.7 cm³/mol. The van der Waals surface area contributed by atoms with Gasteiger partial charge in [0.2, 0.25) is 10.0 Å². The van der Waals surface area contributed by atoms with Crippen LogP contribution in [0.4, 0.5) is 0 Å². The number of sulfone groups is 1. The van der Waals surface area contributed by atoms with E-state index in [1.54, 1.807) is 6.92 Å². The summed E-state index contributed by atoms with van der Waals surface area (Å²) in [5.41, 5.74) is 4.74. The Labute approximate surface area is 104 Å². The SMILES string of the molecule is CC(C)CC(C)(CN)NS(=O)(=O)CS(C)(=O)=O. The van der Waals surface area contributed by atoms with Gasteiger partial charge in [-0.25, -0.2) is 21.6 Å². The molecule has 0 aliphatic carbocycles. The van der Waals surface area contributed by atoms with E-state index in [0.717, 1.165) is 6.26 Å². The van der Waals surface area contributed by atoms with Crippen molar-refractivity contribution < 1.29 is 16.8 Å². The van der Waals surface area contributed by atoms with Gasteiger partial charge in [0, 0.05) is 18.3 Å². The summed E-state index contributed by atoms with van der Waals surface area (Å²) in [7, 11) is -7.45. The molecule has 0 fully saturated rings. The van der Waals surface area contributed by atoms with E-state index in [-0.39, 0.29) is 12.5 Å². The lowest BCUT2D eigenvalue weighted by Gasteiger charge is -2.30. The molecule has 0 aliphatic heterocycles. The fraction of sp³-hybridized carbons (Fsp3) is 1.00. The fourth-order valence-electron chi connectivity index (χ4n) is 1.75. The third-order valence-electron chi connectivity index (χ3n) is 2.08. The largest absolute Gasteiger partial charge is 0.329 e. The lowest BCUT2D eigenvalue weighted by molar-refractivity contribution is 0.345. The van der Waals surface area contributed by atoms with Crippen molar-refractivity contribution in [3.05, 3.63) is 0 Å². The van der Waals surface area contributed by atoms with Gasteiger partial charge in [-0.2, -0.15) is 0 Å². The second-order valence-corrected chi connectivity index (χ2v) is 9.35. The van der Waals surface area contributed by atoms with Gasteiger partial charge in [0.15, 0.2) is 14.9 Å². The van der Waals surface area contributed by atoms with E-state index in [1.165, 1.54) is 0 Å². The number of nitrogens with two attached hydrogens (primary N) is 1. The third-order valence-corrected chi connectivity index (χ3v) is 5.84. The Morgan fingerprint density at radius 3 is 2.00 bits per heavy atom. The van der Waals surface area contributed by atoms with E-state index in [0.29, 0.717) is 6.42 Å². The van der Waals surface area contributed by atoms with Gasteiger partial charge in [0.05, 0.1) is 0 Å². The van der Waals surface area contributed by atoms with E-state index < -0.39 is 30.5 Å². The smallest absolute Gasteiger partial charge is 0.226 e. The Bertz CT molecular complexity index is 442. The summed E-state index contributed by atoms with van der Waals surface area (Å²) in [6.07, 6.45) is 1.43. The van der Waals surface area contributed by atoms with Crippen molar-refractivity contribution >= 4 is 19.9 Å². The average molecular weight is 286 g/mol. The highest BCUT2D eigenvalue weighted by Crippen LogP contribution is 2.16. The summed E-state index contributed by atoms with van der Waals surface area (Å²) >= 11 is 0. The van der Waals surface area contributed by atoms with Crippen LogP contribution in [0.3, 0.4) is 0 Å². The summed E-state index contributed by atoms with van der Waals surface area (Å²) < 4.78 is 47.7. The van der Waals surface area contributed by atoms with Crippen molar-refractivity contribution in [2.24, 2.45) is 11.7 Å². The molecule has 6 nitrogen and oxygen atoms in total. The molecular formula is C9H22N2O4S2. The van der Waals surface area contributed by atoms with Gasteiger partial charge < -0.3 is 5.73 Å². The number of rotatable bonds is 7. The van der Waals surface area contributed by atoms with Crippen LogP contribution in [0.1, 0.15) is 27.2 Å². The molecule has 0 aromatic carbocycles. The van der Waals surface area contributed by atoms with Gasteiger partial charge in [-0.05, 0) is 19.3 Å². The van der Waals surface area contributed by atoms with Gasteiger partial charge in [-0.15, -0.1) is 0 Å². The van der Waals surface area contributed by atoms with Gasteiger partial charge in [0.25, 0.3) is 0 Å². The highest BCUT2D eigenvalue weighted by atomic mass is 32.3. The van der Waals surface area contributed by atoms with Crippen molar-refractivity contribution in [3.63, 3.8) is 0 Å². The molecular weight excluding hydrogens is 264 g/mol. The first-order chi connectivity index (χ1) is 7.39. The maximum atomic E-state index is 11.7. The van der Waals surface area contributed by atoms with Gasteiger partial charge in [-0.3, -0.25) is 0 Å². The molecule has 0 bridgehead atoms. The highest BCUT2D eigenvalue weighted by molar-refractivity contribution is 8.06. The van der Waals surface area contributed by atoms with Crippen LogP contribution in [0.2, 0.25) is 0 Å². The molecule has 0 saturated heterocycles. The standard InChI is InChI=1S/C9H22N2O4S2/c1-8(2)5-9(3,6-10)11-17(14,15)7-16(4,12)13/h8,11H,5-7,10H2,1-4H3. The van der Waals surface area contributed by atoms with Crippen LogP contribution in [-0.4, -0.2) is 40.3 Å². The first kappa shape index (κ1) is 16.8. The molecule has 0 radical (unpaired) electrons. The highest BCUT2D eigenvalue weighted by Gasteiger charge is 2.30. The normalized spacial score (nSPS) is 17.1. The van der Waals surface area contributed by atoms with Gasteiger partial charge in [0.1, 0.15) is 0 Å². The summed E-state index contributed by atoms with van der Waals surface area (Å²) in [4.78, 5) is 0. The molecule has 8 heteroatoms. The summed E-state index contributed by atoms with van der Waals surface area (Å²) in [6.45, 7) is 5.68. The molecule has 1 unspecified atom stereocenters. The molecule has 0 heterocycles. The van der Waals surface area contributed by atoms with Crippen molar-refractivity contribution in [1.29, 1.82) is 0 Å². The molecule has 0 rings (SSSR count). The van der Waals surface area contributed by atoms with Crippen LogP contribution in [0, 0.1) is 5.92 Å². The fourth-order valence-corrected chi connectivity index (χ4v) is 5.16. The minimum atomic E-state index is -3.87. The van der Waals surface area contributed by atoms with Crippen LogP contribution < -0.4 is 10.5 Å². The Hall–Kier alpha value is -0.180. The summed E-state index contributed by atoms with van der Waals surface area (Å²) in [5, 5.41) is -0.909. The Balaban J connectivity index is 4.90. The van der Waals surface area contributed by atoms with E-state index >= 15 is 0 Å². The molecule has 0 spiro atoms. The number of nitrogens with one attached hydrogen (secondary N) is 1. The molecule has 17 heavy (non-hydrogen) atoms. The maximum Gasteiger partial charge on any atom is 0.226 e. The number of hydrogen-bond donors (Lipinski definition) is 2. The van der Waals surface area contributed by atoms with Gasteiger partial charge in [-0.1, -0.05) is 13.8 Å². The van der Waals surface area contributed by atoms with Crippen LogP contribution in [-0.2, 0) is 19.9 Å². The Kier molecular flexibility index (Phi) is 5.58. The predicted octanol–water partition coefficient (Wildman–Crippen LogP) is -0.329. The first-order valence-corrected chi connectivity index (χ1v) is 9.00. The van der Waals surface area contributed by atoms with E-state index in [2.05, 4.69) is 4.72 Å². The van der Waals surface area contributed by atoms with Crippen molar-refractivity contribution in [1.82, 2.24) is 4.72 Å². The number of sulfonamides is 1. The lowest BCUT2D eigenvalue weighted by atomic mass is 9.92. The first-order valence-electron chi connectivity index (χ1n) is 5.28. The quantitative estimate of drug-likeness (QED) is 0.666. The Morgan fingerprint density at radius 1 is 1.24 bits per heavy atom. The second kappa shape index (κ2) is 5.64. The molecule has 0 aliphatic rings. The van der Waals surface area contributed by atoms with E-state index in [1.807, 2.05) is 13.8 Å². The average Bonchev–Trinajstić information content (AvgIpc) is 1.95. The molecule has 1 atom stereocenters. The molecule has 0 saturated carbocycles.